The van der Waals surface area contributed by atoms with Crippen molar-refractivity contribution in [1.82, 2.24) is 9.97 Å². The molecule has 0 aliphatic rings. The standard InChI is InChI=1S/C8H9N3O/c1-6-10-5-4-7(11-6)2-3-8(9)12/h2-5H,1H3,(H2,9,12)/b3-2+. The molecule has 1 aromatic rings. The number of aromatic nitrogens is 2. The molecule has 0 aliphatic heterocycles. The zero-order chi connectivity index (χ0) is 8.97. The van der Waals surface area contributed by atoms with E-state index in [9.17, 15) is 4.79 Å². The number of hydrogen-bond acceptors (Lipinski definition) is 3. The molecule has 1 heterocycles. The molecule has 0 unspecified atom stereocenters. The van der Waals surface area contributed by atoms with Crippen LogP contribution in [0.4, 0.5) is 0 Å². The number of primary amides is 1. The zero-order valence-corrected chi connectivity index (χ0v) is 6.69. The third-order valence-corrected chi connectivity index (χ3v) is 1.22. The van der Waals surface area contributed by atoms with E-state index in [1.54, 1.807) is 25.3 Å². The summed E-state index contributed by atoms with van der Waals surface area (Å²) >= 11 is 0. The number of hydrogen-bond donors (Lipinski definition) is 1. The van der Waals surface area contributed by atoms with Crippen molar-refractivity contribution in [3.05, 3.63) is 29.9 Å². The van der Waals surface area contributed by atoms with Crippen molar-refractivity contribution in [2.45, 2.75) is 6.92 Å². The van der Waals surface area contributed by atoms with Gasteiger partial charge < -0.3 is 5.73 Å². The first-order valence-corrected chi connectivity index (χ1v) is 3.45. The minimum absolute atomic E-state index is 0.480. The van der Waals surface area contributed by atoms with Crippen molar-refractivity contribution in [1.29, 1.82) is 0 Å². The summed E-state index contributed by atoms with van der Waals surface area (Å²) in [5.74, 6) is 0.188. The SMILES string of the molecule is Cc1nccc(/C=C/C(N)=O)n1. The topological polar surface area (TPSA) is 68.9 Å². The van der Waals surface area contributed by atoms with E-state index in [1.165, 1.54) is 6.08 Å². The van der Waals surface area contributed by atoms with Crippen LogP contribution < -0.4 is 5.73 Å². The molecule has 12 heavy (non-hydrogen) atoms. The molecule has 1 amide bonds. The lowest BCUT2D eigenvalue weighted by Crippen LogP contribution is -2.05. The average molecular weight is 163 g/mol. The molecule has 2 N–H and O–H groups in total. The van der Waals surface area contributed by atoms with Gasteiger partial charge in [-0.25, -0.2) is 9.97 Å². The maximum atomic E-state index is 10.3. The van der Waals surface area contributed by atoms with Crippen LogP contribution in [0.15, 0.2) is 18.3 Å². The average Bonchev–Trinajstić information content (AvgIpc) is 2.01. The van der Waals surface area contributed by atoms with Crippen molar-refractivity contribution in [3.63, 3.8) is 0 Å². The molecule has 0 aliphatic carbocycles. The molecule has 0 radical (unpaired) electrons. The number of aryl methyl sites for hydroxylation is 1. The van der Waals surface area contributed by atoms with Gasteiger partial charge in [0, 0.05) is 12.3 Å². The summed E-state index contributed by atoms with van der Waals surface area (Å²) in [5.41, 5.74) is 5.59. The summed E-state index contributed by atoms with van der Waals surface area (Å²) in [5, 5.41) is 0. The van der Waals surface area contributed by atoms with Gasteiger partial charge in [-0.05, 0) is 19.1 Å². The fraction of sp³-hybridized carbons (Fsp3) is 0.125. The van der Waals surface area contributed by atoms with E-state index in [-0.39, 0.29) is 0 Å². The minimum atomic E-state index is -0.480. The van der Waals surface area contributed by atoms with Gasteiger partial charge in [0.1, 0.15) is 5.82 Å². The molecule has 4 heteroatoms. The fourth-order valence-electron chi connectivity index (χ4n) is 0.735. The number of nitrogens with zero attached hydrogens (tertiary/aromatic N) is 2. The van der Waals surface area contributed by atoms with E-state index < -0.39 is 5.91 Å². The maximum Gasteiger partial charge on any atom is 0.241 e. The highest BCUT2D eigenvalue weighted by molar-refractivity contribution is 5.89. The normalized spacial score (nSPS) is 10.4. The van der Waals surface area contributed by atoms with Crippen molar-refractivity contribution in [2.24, 2.45) is 5.73 Å². The second-order valence-corrected chi connectivity index (χ2v) is 2.26. The smallest absolute Gasteiger partial charge is 0.241 e. The Bertz CT molecular complexity index is 320. The van der Waals surface area contributed by atoms with E-state index in [0.717, 1.165) is 0 Å². The van der Waals surface area contributed by atoms with Crippen LogP contribution in [0.2, 0.25) is 0 Å². The number of carbonyl (C=O) groups is 1. The number of nitrogens with two attached hydrogens (primary N) is 1. The van der Waals surface area contributed by atoms with E-state index in [1.807, 2.05) is 0 Å². The Morgan fingerprint density at radius 2 is 2.42 bits per heavy atom. The largest absolute Gasteiger partial charge is 0.366 e. The molecule has 1 aromatic heterocycles. The Morgan fingerprint density at radius 3 is 3.00 bits per heavy atom. The Hall–Kier alpha value is -1.71. The summed E-state index contributed by atoms with van der Waals surface area (Å²) in [7, 11) is 0. The van der Waals surface area contributed by atoms with E-state index >= 15 is 0 Å². The predicted molar refractivity (Wildman–Crippen MR) is 45.0 cm³/mol. The van der Waals surface area contributed by atoms with Gasteiger partial charge in [-0.2, -0.15) is 0 Å². The van der Waals surface area contributed by atoms with Gasteiger partial charge in [-0.3, -0.25) is 4.79 Å². The minimum Gasteiger partial charge on any atom is -0.366 e. The fourth-order valence-corrected chi connectivity index (χ4v) is 0.735. The summed E-state index contributed by atoms with van der Waals surface area (Å²) in [6, 6.07) is 1.70. The highest BCUT2D eigenvalue weighted by Gasteiger charge is 1.90. The first kappa shape index (κ1) is 8.39. The molecule has 62 valence electrons. The molecule has 0 spiro atoms. The lowest BCUT2D eigenvalue weighted by molar-refractivity contribution is -0.113. The highest BCUT2D eigenvalue weighted by Crippen LogP contribution is 1.96. The van der Waals surface area contributed by atoms with Crippen molar-refractivity contribution < 1.29 is 4.79 Å². The van der Waals surface area contributed by atoms with Gasteiger partial charge in [0.15, 0.2) is 0 Å². The van der Waals surface area contributed by atoms with Crippen LogP contribution in [-0.2, 0) is 4.79 Å². The molecule has 0 fully saturated rings. The predicted octanol–water partition coefficient (Wildman–Crippen LogP) is 0.284. The molecule has 0 bridgehead atoms. The van der Waals surface area contributed by atoms with Crippen molar-refractivity contribution in [2.75, 3.05) is 0 Å². The summed E-state index contributed by atoms with van der Waals surface area (Å²) in [6.45, 7) is 1.78. The first-order chi connectivity index (χ1) is 5.68. The Kier molecular flexibility index (Phi) is 2.53. The molecular formula is C8H9N3O. The maximum absolute atomic E-state index is 10.3. The zero-order valence-electron chi connectivity index (χ0n) is 6.69. The molecule has 0 saturated carbocycles. The van der Waals surface area contributed by atoms with Crippen LogP contribution in [0, 0.1) is 6.92 Å². The third-order valence-electron chi connectivity index (χ3n) is 1.22. The van der Waals surface area contributed by atoms with Crippen LogP contribution in [0.1, 0.15) is 11.5 Å². The third kappa shape index (κ3) is 2.49. The van der Waals surface area contributed by atoms with Crippen LogP contribution >= 0.6 is 0 Å². The second kappa shape index (κ2) is 3.61. The number of carbonyl (C=O) groups excluding carboxylic acids is 1. The lowest BCUT2D eigenvalue weighted by atomic mass is 10.3. The van der Waals surface area contributed by atoms with Crippen LogP contribution in [-0.4, -0.2) is 15.9 Å². The van der Waals surface area contributed by atoms with Crippen LogP contribution in [0.5, 0.6) is 0 Å². The number of amides is 1. The molecule has 0 saturated heterocycles. The Labute approximate surface area is 70.1 Å². The van der Waals surface area contributed by atoms with Crippen molar-refractivity contribution >= 4 is 12.0 Å². The summed E-state index contributed by atoms with van der Waals surface area (Å²) in [4.78, 5) is 18.3. The first-order valence-electron chi connectivity index (χ1n) is 3.45. The van der Waals surface area contributed by atoms with Gasteiger partial charge in [-0.15, -0.1) is 0 Å². The Morgan fingerprint density at radius 1 is 1.67 bits per heavy atom. The van der Waals surface area contributed by atoms with E-state index in [0.29, 0.717) is 11.5 Å². The van der Waals surface area contributed by atoms with E-state index in [2.05, 4.69) is 9.97 Å². The molecule has 0 atom stereocenters. The van der Waals surface area contributed by atoms with Gasteiger partial charge >= 0.3 is 0 Å². The van der Waals surface area contributed by atoms with E-state index in [4.69, 9.17) is 5.73 Å². The second-order valence-electron chi connectivity index (χ2n) is 2.26. The van der Waals surface area contributed by atoms with Gasteiger partial charge in [0.2, 0.25) is 5.91 Å². The van der Waals surface area contributed by atoms with Crippen LogP contribution in [0.25, 0.3) is 6.08 Å². The molecular weight excluding hydrogens is 154 g/mol. The molecule has 0 aromatic carbocycles. The molecule has 1 rings (SSSR count). The quantitative estimate of drug-likeness (QED) is 0.637. The lowest BCUT2D eigenvalue weighted by Gasteiger charge is -1.92. The number of rotatable bonds is 2. The van der Waals surface area contributed by atoms with Gasteiger partial charge in [-0.1, -0.05) is 0 Å². The van der Waals surface area contributed by atoms with Crippen molar-refractivity contribution in [3.8, 4) is 0 Å². The Balaban J connectivity index is 2.83. The summed E-state index contributed by atoms with van der Waals surface area (Å²) in [6.07, 6.45) is 4.45. The molecule has 4 nitrogen and oxygen atoms in total. The highest BCUT2D eigenvalue weighted by atomic mass is 16.1. The van der Waals surface area contributed by atoms with Gasteiger partial charge in [0.25, 0.3) is 0 Å². The van der Waals surface area contributed by atoms with Gasteiger partial charge in [0.05, 0.1) is 5.69 Å². The monoisotopic (exact) mass is 163 g/mol. The summed E-state index contributed by atoms with van der Waals surface area (Å²) < 4.78 is 0. The van der Waals surface area contributed by atoms with Crippen LogP contribution in [0.3, 0.4) is 0 Å².